The van der Waals surface area contributed by atoms with Gasteiger partial charge in [0.2, 0.25) is 5.82 Å². The van der Waals surface area contributed by atoms with E-state index in [4.69, 9.17) is 28.9 Å². The topological polar surface area (TPSA) is 86.2 Å². The molecule has 0 radical (unpaired) electrons. The van der Waals surface area contributed by atoms with Gasteiger partial charge in [0, 0.05) is 11.1 Å². The second-order valence-corrected chi connectivity index (χ2v) is 7.30. The van der Waals surface area contributed by atoms with Crippen LogP contribution in [0.5, 0.6) is 0 Å². The first-order valence-electron chi connectivity index (χ1n) is 8.16. The van der Waals surface area contributed by atoms with Crippen molar-refractivity contribution in [1.29, 1.82) is 0 Å². The van der Waals surface area contributed by atoms with Gasteiger partial charge < -0.3 is 5.73 Å². The number of nitro groups is 1. The molecule has 5 nitrogen and oxygen atoms in total. The largest absolute Gasteiger partial charge is 0.457 e. The summed E-state index contributed by atoms with van der Waals surface area (Å²) in [7, 11) is 0. The van der Waals surface area contributed by atoms with Crippen molar-refractivity contribution in [2.75, 3.05) is 0 Å². The van der Waals surface area contributed by atoms with Crippen molar-refractivity contribution >= 4 is 34.8 Å². The van der Waals surface area contributed by atoms with E-state index >= 15 is 0 Å². The number of nitrogens with zero attached hydrogens (tertiary/aromatic N) is 1. The number of nitro benzene ring substituents is 1. The van der Waals surface area contributed by atoms with E-state index in [0.29, 0.717) is 12.1 Å². The van der Waals surface area contributed by atoms with Crippen LogP contribution in [0.15, 0.2) is 24.3 Å². The molecule has 1 unspecified atom stereocenters. The summed E-state index contributed by atoms with van der Waals surface area (Å²) in [6.45, 7) is 0. The van der Waals surface area contributed by atoms with Gasteiger partial charge in [-0.15, -0.1) is 0 Å². The lowest BCUT2D eigenvalue weighted by Crippen LogP contribution is -2.59. The van der Waals surface area contributed by atoms with Crippen LogP contribution in [-0.2, 0) is 5.67 Å². The van der Waals surface area contributed by atoms with Crippen LogP contribution in [0.4, 0.5) is 49.6 Å². The highest BCUT2D eigenvalue weighted by Gasteiger charge is 2.81. The molecule has 186 valence electrons. The van der Waals surface area contributed by atoms with Crippen LogP contribution in [0.3, 0.4) is 0 Å². The minimum absolute atomic E-state index is 0.320. The Morgan fingerprint density at radius 1 is 0.912 bits per heavy atom. The van der Waals surface area contributed by atoms with Crippen molar-refractivity contribution in [3.63, 3.8) is 0 Å². The second kappa shape index (κ2) is 8.45. The SMILES string of the molecule is NC(=O)c1ccc(-c2c(Cl)cc(C(F)(C(F)(F)F)C(F)(F)C(F)(F)F)cc2Cl)c([N+](=O)[O-])c1F. The number of rotatable bonds is 5. The number of benzene rings is 2. The van der Waals surface area contributed by atoms with Crippen molar-refractivity contribution in [3.8, 4) is 11.1 Å². The van der Waals surface area contributed by atoms with Gasteiger partial charge in [0.1, 0.15) is 0 Å². The molecular weight excluding hydrogens is 541 g/mol. The minimum Gasteiger partial charge on any atom is -0.366 e. The van der Waals surface area contributed by atoms with E-state index in [1.54, 1.807) is 0 Å². The zero-order chi connectivity index (χ0) is 26.6. The van der Waals surface area contributed by atoms with Gasteiger partial charge >= 0.3 is 29.6 Å². The van der Waals surface area contributed by atoms with E-state index in [-0.39, 0.29) is 12.1 Å². The predicted molar refractivity (Wildman–Crippen MR) is 96.9 cm³/mol. The Balaban J connectivity index is 2.92. The maximum Gasteiger partial charge on any atom is 0.457 e. The number of amides is 1. The maximum atomic E-state index is 14.7. The van der Waals surface area contributed by atoms with E-state index in [1.807, 2.05) is 0 Å². The van der Waals surface area contributed by atoms with Gasteiger partial charge in [0.25, 0.3) is 5.91 Å². The summed E-state index contributed by atoms with van der Waals surface area (Å²) in [6, 6.07) is 0.539. The Morgan fingerprint density at radius 2 is 1.38 bits per heavy atom. The summed E-state index contributed by atoms with van der Waals surface area (Å²) in [6.07, 6.45) is -13.9. The summed E-state index contributed by atoms with van der Waals surface area (Å²) in [5.74, 6) is -10.3. The fraction of sp³-hybridized carbons (Fsp3) is 0.235. The average Bonchev–Trinajstić information content (AvgIpc) is 2.64. The zero-order valence-corrected chi connectivity index (χ0v) is 17.1. The molecule has 0 aliphatic heterocycles. The van der Waals surface area contributed by atoms with Crippen LogP contribution in [0.25, 0.3) is 11.1 Å². The molecule has 34 heavy (non-hydrogen) atoms. The number of alkyl halides is 9. The fourth-order valence-corrected chi connectivity index (χ4v) is 3.57. The number of hydrogen-bond donors (Lipinski definition) is 1. The van der Waals surface area contributed by atoms with Gasteiger partial charge in [0.05, 0.1) is 26.1 Å². The first-order valence-corrected chi connectivity index (χ1v) is 8.92. The smallest absolute Gasteiger partial charge is 0.366 e. The van der Waals surface area contributed by atoms with Crippen molar-refractivity contribution in [1.82, 2.24) is 0 Å². The molecule has 1 amide bonds. The molecule has 0 saturated carbocycles. The first-order chi connectivity index (χ1) is 15.2. The molecule has 17 heteroatoms. The van der Waals surface area contributed by atoms with Crippen molar-refractivity contribution in [3.05, 3.63) is 61.4 Å². The van der Waals surface area contributed by atoms with Gasteiger partial charge in [-0.2, -0.15) is 39.5 Å². The predicted octanol–water partition coefficient (Wildman–Crippen LogP) is 6.73. The third-order valence-electron chi connectivity index (χ3n) is 4.45. The summed E-state index contributed by atoms with van der Waals surface area (Å²) in [5.41, 5.74) is -8.36. The van der Waals surface area contributed by atoms with Gasteiger partial charge in [0.15, 0.2) is 0 Å². The lowest BCUT2D eigenvalue weighted by atomic mass is 9.86. The maximum absolute atomic E-state index is 14.7. The third kappa shape index (κ3) is 4.10. The van der Waals surface area contributed by atoms with Crippen LogP contribution >= 0.6 is 23.2 Å². The molecule has 0 aliphatic carbocycles. The number of carbonyl (C=O) groups excluding carboxylic acids is 1. The molecule has 1 atom stereocenters. The molecule has 2 aromatic carbocycles. The quantitative estimate of drug-likeness (QED) is 0.256. The number of hydrogen-bond acceptors (Lipinski definition) is 3. The molecule has 0 aliphatic rings. The monoisotopic (exact) mass is 546 g/mol. The number of carbonyl (C=O) groups is 1. The first kappa shape index (κ1) is 27.4. The number of nitrogens with two attached hydrogens (primary N) is 1. The van der Waals surface area contributed by atoms with E-state index in [9.17, 15) is 58.8 Å². The van der Waals surface area contributed by atoms with Crippen LogP contribution in [-0.4, -0.2) is 29.1 Å². The Bertz CT molecular complexity index is 1160. The Kier molecular flexibility index (Phi) is 6.81. The number of halogens is 12. The fourth-order valence-electron chi connectivity index (χ4n) is 2.88. The molecule has 0 fully saturated rings. The van der Waals surface area contributed by atoms with E-state index in [1.165, 1.54) is 0 Å². The Morgan fingerprint density at radius 3 is 1.74 bits per heavy atom. The third-order valence-corrected chi connectivity index (χ3v) is 5.05. The molecule has 2 N–H and O–H groups in total. The lowest BCUT2D eigenvalue weighted by molar-refractivity contribution is -0.389. The van der Waals surface area contributed by atoms with Gasteiger partial charge in [-0.25, -0.2) is 4.39 Å². The summed E-state index contributed by atoms with van der Waals surface area (Å²) >= 11 is 11.3. The second-order valence-electron chi connectivity index (χ2n) is 6.49. The highest BCUT2D eigenvalue weighted by Crippen LogP contribution is 2.59. The van der Waals surface area contributed by atoms with E-state index in [0.717, 1.165) is 0 Å². The standard InChI is InChI=1S/C17H6Cl2F10N2O3/c18-8-3-5(14(21,16(24,25)26)15(22,23)17(27,28)29)4-9(19)10(8)6-1-2-7(13(30)32)11(20)12(6)31(33)34/h1-4H,(H2,30,32). The molecule has 2 aromatic rings. The molecule has 0 heterocycles. The van der Waals surface area contributed by atoms with Gasteiger partial charge in [-0.05, 0) is 24.3 Å². The average molecular weight is 547 g/mol. The van der Waals surface area contributed by atoms with Crippen molar-refractivity contribution < 1.29 is 53.6 Å². The van der Waals surface area contributed by atoms with Crippen LogP contribution in [0.2, 0.25) is 10.0 Å². The molecule has 0 spiro atoms. The normalized spacial score (nSPS) is 14.6. The minimum atomic E-state index is -7.03. The Labute approximate surface area is 191 Å². The molecule has 0 bridgehead atoms. The van der Waals surface area contributed by atoms with Crippen molar-refractivity contribution in [2.45, 2.75) is 23.9 Å². The van der Waals surface area contributed by atoms with Crippen LogP contribution in [0, 0.1) is 15.9 Å². The van der Waals surface area contributed by atoms with Crippen LogP contribution in [0.1, 0.15) is 15.9 Å². The zero-order valence-electron chi connectivity index (χ0n) is 15.6. The van der Waals surface area contributed by atoms with Crippen LogP contribution < -0.4 is 5.73 Å². The van der Waals surface area contributed by atoms with E-state index in [2.05, 4.69) is 0 Å². The van der Waals surface area contributed by atoms with E-state index < -0.39 is 78.6 Å². The number of primary amides is 1. The molecule has 2 rings (SSSR count). The van der Waals surface area contributed by atoms with Crippen molar-refractivity contribution in [2.24, 2.45) is 5.73 Å². The highest BCUT2D eigenvalue weighted by molar-refractivity contribution is 6.39. The Hall–Kier alpha value is -2.81. The molecule has 0 saturated heterocycles. The van der Waals surface area contributed by atoms with Gasteiger partial charge in [-0.1, -0.05) is 23.2 Å². The van der Waals surface area contributed by atoms with Gasteiger partial charge in [-0.3, -0.25) is 14.9 Å². The summed E-state index contributed by atoms with van der Waals surface area (Å²) in [4.78, 5) is 21.1. The highest BCUT2D eigenvalue weighted by atomic mass is 35.5. The molecular formula is C17H6Cl2F10N2O3. The summed E-state index contributed by atoms with van der Waals surface area (Å²) < 4.78 is 134. The molecule has 0 aromatic heterocycles. The summed E-state index contributed by atoms with van der Waals surface area (Å²) in [5, 5.41) is 8.73. The lowest BCUT2D eigenvalue weighted by Gasteiger charge is -2.36.